The lowest BCUT2D eigenvalue weighted by atomic mass is 10.2. The third kappa shape index (κ3) is 2.52. The number of nitrogens with zero attached hydrogens (tertiary/aromatic N) is 1. The van der Waals surface area contributed by atoms with Crippen LogP contribution in [0.15, 0.2) is 6.07 Å². The van der Waals surface area contributed by atoms with Crippen LogP contribution in [-0.4, -0.2) is 42.4 Å². The van der Waals surface area contributed by atoms with Crippen LogP contribution in [0.1, 0.15) is 23.3 Å². The van der Waals surface area contributed by atoms with Crippen molar-refractivity contribution in [3.05, 3.63) is 11.8 Å². The maximum absolute atomic E-state index is 11.7. The van der Waals surface area contributed by atoms with Crippen molar-refractivity contribution in [3.8, 4) is 0 Å². The topological polar surface area (TPSA) is 79.0 Å². The van der Waals surface area contributed by atoms with Gasteiger partial charge in [0.2, 0.25) is 0 Å². The van der Waals surface area contributed by atoms with Gasteiger partial charge in [0.1, 0.15) is 11.5 Å². The maximum atomic E-state index is 11.7. The van der Waals surface area contributed by atoms with Crippen LogP contribution in [-0.2, 0) is 4.74 Å². The van der Waals surface area contributed by atoms with E-state index in [0.29, 0.717) is 18.1 Å². The van der Waals surface area contributed by atoms with Gasteiger partial charge in [0.25, 0.3) is 5.91 Å². The van der Waals surface area contributed by atoms with Gasteiger partial charge < -0.3 is 15.4 Å². The summed E-state index contributed by atoms with van der Waals surface area (Å²) in [6.07, 6.45) is 2.26. The molecule has 1 aromatic heterocycles. The zero-order valence-corrected chi connectivity index (χ0v) is 9.25. The zero-order valence-electron chi connectivity index (χ0n) is 9.25. The summed E-state index contributed by atoms with van der Waals surface area (Å²) in [6, 6.07) is 1.67. The second-order valence-electron chi connectivity index (χ2n) is 3.76. The van der Waals surface area contributed by atoms with Crippen LogP contribution in [0.3, 0.4) is 0 Å². The number of aromatic amines is 1. The third-order valence-electron chi connectivity index (χ3n) is 2.59. The summed E-state index contributed by atoms with van der Waals surface area (Å²) in [5.41, 5.74) is 0.461. The van der Waals surface area contributed by atoms with Gasteiger partial charge in [-0.1, -0.05) is 0 Å². The van der Waals surface area contributed by atoms with Gasteiger partial charge >= 0.3 is 0 Å². The van der Waals surface area contributed by atoms with Crippen molar-refractivity contribution >= 4 is 11.7 Å². The van der Waals surface area contributed by atoms with Gasteiger partial charge in [-0.25, -0.2) is 0 Å². The number of H-pyrrole nitrogens is 1. The number of carbonyl (C=O) groups excluding carboxylic acids is 1. The first-order chi connectivity index (χ1) is 7.79. The highest BCUT2D eigenvalue weighted by Crippen LogP contribution is 2.11. The van der Waals surface area contributed by atoms with Gasteiger partial charge in [-0.15, -0.1) is 0 Å². The van der Waals surface area contributed by atoms with E-state index >= 15 is 0 Å². The molecule has 0 radical (unpaired) electrons. The Morgan fingerprint density at radius 1 is 1.75 bits per heavy atom. The van der Waals surface area contributed by atoms with Crippen molar-refractivity contribution in [2.24, 2.45) is 0 Å². The normalized spacial score (nSPS) is 19.7. The molecule has 6 heteroatoms. The molecule has 1 atom stereocenters. The maximum Gasteiger partial charge on any atom is 0.269 e. The number of anilines is 1. The lowest BCUT2D eigenvalue weighted by Crippen LogP contribution is -2.31. The molecule has 3 N–H and O–H groups in total. The van der Waals surface area contributed by atoms with Crippen LogP contribution in [0.4, 0.5) is 5.82 Å². The summed E-state index contributed by atoms with van der Waals surface area (Å²) in [5, 5.41) is 12.2. The molecule has 1 saturated heterocycles. The summed E-state index contributed by atoms with van der Waals surface area (Å²) < 4.78 is 5.41. The van der Waals surface area contributed by atoms with Crippen molar-refractivity contribution < 1.29 is 9.53 Å². The molecule has 1 fully saturated rings. The predicted molar refractivity (Wildman–Crippen MR) is 59.4 cm³/mol. The van der Waals surface area contributed by atoms with Crippen LogP contribution in [0, 0.1) is 0 Å². The molecular formula is C10H16N4O2. The number of amides is 1. The van der Waals surface area contributed by atoms with E-state index < -0.39 is 0 Å². The molecule has 1 amide bonds. The summed E-state index contributed by atoms with van der Waals surface area (Å²) >= 11 is 0. The number of aromatic nitrogens is 2. The Kier molecular flexibility index (Phi) is 3.40. The van der Waals surface area contributed by atoms with Gasteiger partial charge in [-0.2, -0.15) is 5.10 Å². The van der Waals surface area contributed by atoms with Gasteiger partial charge in [-0.3, -0.25) is 9.89 Å². The quantitative estimate of drug-likeness (QED) is 0.690. The molecule has 1 aliphatic rings. The summed E-state index contributed by atoms with van der Waals surface area (Å²) in [5.74, 6) is 0.506. The Morgan fingerprint density at radius 2 is 2.62 bits per heavy atom. The Balaban J connectivity index is 1.82. The average Bonchev–Trinajstić information content (AvgIpc) is 2.96. The SMILES string of the molecule is CNc1cc(C(=O)NCC2CCCO2)[nH]n1. The second-order valence-corrected chi connectivity index (χ2v) is 3.76. The lowest BCUT2D eigenvalue weighted by molar-refractivity contribution is 0.0853. The van der Waals surface area contributed by atoms with Crippen molar-refractivity contribution in [2.75, 3.05) is 25.5 Å². The van der Waals surface area contributed by atoms with Gasteiger partial charge in [0.05, 0.1) is 6.10 Å². The van der Waals surface area contributed by atoms with E-state index in [1.807, 2.05) is 0 Å². The molecule has 6 nitrogen and oxygen atoms in total. The highest BCUT2D eigenvalue weighted by Gasteiger charge is 2.17. The second kappa shape index (κ2) is 4.98. The first-order valence-corrected chi connectivity index (χ1v) is 5.42. The third-order valence-corrected chi connectivity index (χ3v) is 2.59. The highest BCUT2D eigenvalue weighted by atomic mass is 16.5. The van der Waals surface area contributed by atoms with Crippen molar-refractivity contribution in [1.82, 2.24) is 15.5 Å². The van der Waals surface area contributed by atoms with E-state index in [2.05, 4.69) is 20.8 Å². The monoisotopic (exact) mass is 224 g/mol. The minimum absolute atomic E-state index is 0.149. The summed E-state index contributed by atoms with van der Waals surface area (Å²) in [7, 11) is 1.75. The number of hydrogen-bond donors (Lipinski definition) is 3. The van der Waals surface area contributed by atoms with Crippen molar-refractivity contribution in [3.63, 3.8) is 0 Å². The number of nitrogens with one attached hydrogen (secondary N) is 3. The minimum atomic E-state index is -0.149. The first kappa shape index (κ1) is 10.9. The fourth-order valence-electron chi connectivity index (χ4n) is 1.67. The molecule has 0 spiro atoms. The molecule has 2 rings (SSSR count). The zero-order chi connectivity index (χ0) is 11.4. The Bertz CT molecular complexity index is 357. The highest BCUT2D eigenvalue weighted by molar-refractivity contribution is 5.92. The number of hydrogen-bond acceptors (Lipinski definition) is 4. The molecular weight excluding hydrogens is 208 g/mol. The lowest BCUT2D eigenvalue weighted by Gasteiger charge is -2.09. The molecule has 0 aliphatic carbocycles. The Morgan fingerprint density at radius 3 is 3.25 bits per heavy atom. The number of ether oxygens (including phenoxy) is 1. The Hall–Kier alpha value is -1.56. The molecule has 2 heterocycles. The van der Waals surface area contributed by atoms with E-state index in [4.69, 9.17) is 4.74 Å². The largest absolute Gasteiger partial charge is 0.376 e. The fraction of sp³-hybridized carbons (Fsp3) is 0.600. The molecule has 1 aromatic rings. The van der Waals surface area contributed by atoms with Crippen LogP contribution in [0.5, 0.6) is 0 Å². The Labute approximate surface area is 93.8 Å². The van der Waals surface area contributed by atoms with Gasteiger partial charge in [0.15, 0.2) is 0 Å². The van der Waals surface area contributed by atoms with E-state index in [9.17, 15) is 4.79 Å². The number of carbonyl (C=O) groups is 1. The van der Waals surface area contributed by atoms with Gasteiger partial charge in [-0.05, 0) is 12.8 Å². The molecule has 0 bridgehead atoms. The van der Waals surface area contributed by atoms with E-state index in [-0.39, 0.29) is 12.0 Å². The van der Waals surface area contributed by atoms with E-state index in [0.717, 1.165) is 19.4 Å². The predicted octanol–water partition coefficient (Wildman–Crippen LogP) is 0.360. The van der Waals surface area contributed by atoms with Crippen molar-refractivity contribution in [1.29, 1.82) is 0 Å². The average molecular weight is 224 g/mol. The van der Waals surface area contributed by atoms with Gasteiger partial charge in [0, 0.05) is 26.3 Å². The summed E-state index contributed by atoms with van der Waals surface area (Å²) in [6.45, 7) is 1.36. The van der Waals surface area contributed by atoms with Crippen molar-refractivity contribution in [2.45, 2.75) is 18.9 Å². The molecule has 0 aromatic carbocycles. The van der Waals surface area contributed by atoms with E-state index in [1.165, 1.54) is 0 Å². The smallest absolute Gasteiger partial charge is 0.269 e. The van der Waals surface area contributed by atoms with Crippen LogP contribution >= 0.6 is 0 Å². The summed E-state index contributed by atoms with van der Waals surface area (Å²) in [4.78, 5) is 11.7. The molecule has 1 unspecified atom stereocenters. The molecule has 16 heavy (non-hydrogen) atoms. The van der Waals surface area contributed by atoms with Crippen LogP contribution in [0.25, 0.3) is 0 Å². The standard InChI is InChI=1S/C10H16N4O2/c1-11-9-5-8(13-14-9)10(15)12-6-7-3-2-4-16-7/h5,7H,2-4,6H2,1H3,(H,12,15)(H2,11,13,14). The first-order valence-electron chi connectivity index (χ1n) is 5.42. The van der Waals surface area contributed by atoms with Crippen LogP contribution < -0.4 is 10.6 Å². The molecule has 0 saturated carbocycles. The number of rotatable bonds is 4. The minimum Gasteiger partial charge on any atom is -0.376 e. The molecule has 1 aliphatic heterocycles. The van der Waals surface area contributed by atoms with Crippen LogP contribution in [0.2, 0.25) is 0 Å². The fourth-order valence-corrected chi connectivity index (χ4v) is 1.67. The molecule has 88 valence electrons. The van der Waals surface area contributed by atoms with E-state index in [1.54, 1.807) is 13.1 Å².